The van der Waals surface area contributed by atoms with Crippen LogP contribution in [0.4, 0.5) is 16.7 Å². The molecule has 6 N–H and O–H groups in total. The number of rotatable bonds is 4. The predicted molar refractivity (Wildman–Crippen MR) is 119 cm³/mol. The van der Waals surface area contributed by atoms with Crippen LogP contribution in [0.3, 0.4) is 0 Å². The Hall–Kier alpha value is -3.73. The fraction of sp³-hybridized carbons (Fsp3) is 0. The van der Waals surface area contributed by atoms with Crippen molar-refractivity contribution in [2.75, 3.05) is 11.5 Å². The summed E-state index contributed by atoms with van der Waals surface area (Å²) in [6, 6.07) is 6.14. The summed E-state index contributed by atoms with van der Waals surface area (Å²) in [4.78, 5) is 52.4. The fourth-order valence-corrected chi connectivity index (χ4v) is 2.36. The molecule has 15 nitrogen and oxygen atoms in total. The van der Waals surface area contributed by atoms with Gasteiger partial charge in [0.15, 0.2) is 0 Å². The van der Waals surface area contributed by atoms with Gasteiger partial charge in [0.05, 0.1) is 0 Å². The van der Waals surface area contributed by atoms with Gasteiger partial charge in [-0.15, -0.1) is 0 Å². The van der Waals surface area contributed by atoms with E-state index in [-0.39, 0.29) is 82.4 Å². The summed E-state index contributed by atoms with van der Waals surface area (Å²) in [5.41, 5.74) is 13.7. The number of anilines is 2. The molecule has 0 aliphatic heterocycles. The van der Waals surface area contributed by atoms with Crippen LogP contribution in [0.2, 0.25) is 0 Å². The molecule has 0 saturated carbocycles. The van der Waals surface area contributed by atoms with Gasteiger partial charge >= 0.3 is 71.1 Å². The summed E-state index contributed by atoms with van der Waals surface area (Å²) in [6.07, 6.45) is 6.80. The monoisotopic (exact) mass is 538 g/mol. The summed E-state index contributed by atoms with van der Waals surface area (Å²) < 4.78 is 0. The van der Waals surface area contributed by atoms with Crippen molar-refractivity contribution in [1.82, 2.24) is 29.9 Å². The maximum atomic E-state index is 10.6. The third kappa shape index (κ3) is 11.5. The zero-order valence-electron chi connectivity index (χ0n) is 20.0. The van der Waals surface area contributed by atoms with Crippen LogP contribution in [0.25, 0.3) is 22.3 Å². The second kappa shape index (κ2) is 16.9. The maximum Gasteiger partial charge on any atom is 1.00 e. The molecule has 0 aromatic carbocycles. The van der Waals surface area contributed by atoms with E-state index in [0.29, 0.717) is 0 Å². The largest absolute Gasteiger partial charge is 1.00 e. The summed E-state index contributed by atoms with van der Waals surface area (Å²) in [6.45, 7) is 0. The smallest absolute Gasteiger partial charge is 0.652 e. The van der Waals surface area contributed by atoms with Gasteiger partial charge in [0.1, 0.15) is 11.4 Å². The van der Waals surface area contributed by atoms with Crippen LogP contribution >= 0.6 is 0 Å². The van der Waals surface area contributed by atoms with Crippen molar-refractivity contribution < 1.29 is 93.9 Å². The fourth-order valence-electron chi connectivity index (χ4n) is 2.36. The molecule has 4 aromatic heterocycles. The first-order chi connectivity index (χ1) is 17.1. The standard InChI is InChI=1S/2C10H8N4O2.CH2O3.2Na/c2*11-10-13-4-7(5-14-10)6-1-2-8(9(15)16)12-3-6;2-1(3)4;;/h2*1-5H,(H,15,16)(H2,11,13,14);(H2,2,3,4);;/q;;;2*+1/p-2. The summed E-state index contributed by atoms with van der Waals surface area (Å²) in [5.74, 6) is -1.72. The number of nitrogen functional groups attached to an aromatic ring is 2. The van der Waals surface area contributed by atoms with Gasteiger partial charge in [0.25, 0.3) is 0 Å². The topological polar surface area (TPSA) is 267 Å². The number of aromatic carboxylic acids is 2. The molecule has 38 heavy (non-hydrogen) atoms. The van der Waals surface area contributed by atoms with E-state index in [1.165, 1.54) is 24.5 Å². The van der Waals surface area contributed by atoms with Crippen molar-refractivity contribution in [2.24, 2.45) is 0 Å². The van der Waals surface area contributed by atoms with Crippen LogP contribution in [-0.2, 0) is 0 Å². The number of aromatic nitrogens is 6. The normalized spacial score (nSPS) is 9.05. The number of hydrogen-bond donors (Lipinski definition) is 4. The van der Waals surface area contributed by atoms with Crippen molar-refractivity contribution in [3.63, 3.8) is 0 Å². The Morgan fingerprint density at radius 1 is 0.553 bits per heavy atom. The van der Waals surface area contributed by atoms with Gasteiger partial charge < -0.3 is 36.7 Å². The molecule has 0 bridgehead atoms. The molecule has 17 heteroatoms. The molecule has 0 radical (unpaired) electrons. The number of hydrogen-bond acceptors (Lipinski definition) is 13. The quantitative estimate of drug-likeness (QED) is 0.176. The van der Waals surface area contributed by atoms with E-state index >= 15 is 0 Å². The predicted octanol–water partition coefficient (Wildman–Crippen LogP) is -6.80. The van der Waals surface area contributed by atoms with Crippen molar-refractivity contribution in [3.05, 3.63) is 72.8 Å². The molecular weight excluding hydrogens is 522 g/mol. The minimum absolute atomic E-state index is 0. The van der Waals surface area contributed by atoms with E-state index in [2.05, 4.69) is 29.9 Å². The molecule has 0 aliphatic carbocycles. The van der Waals surface area contributed by atoms with Crippen LogP contribution in [0, 0.1) is 0 Å². The molecule has 0 fully saturated rings. The zero-order chi connectivity index (χ0) is 26.7. The molecule has 0 aliphatic rings. The van der Waals surface area contributed by atoms with E-state index in [0.717, 1.165) is 22.3 Å². The minimum atomic E-state index is -2.33. The van der Waals surface area contributed by atoms with E-state index in [9.17, 15) is 9.59 Å². The second-order valence-electron chi connectivity index (χ2n) is 6.38. The minimum Gasteiger partial charge on any atom is -0.652 e. The van der Waals surface area contributed by atoms with Gasteiger partial charge in [-0.1, -0.05) is 12.1 Å². The van der Waals surface area contributed by atoms with Gasteiger partial charge in [0, 0.05) is 59.4 Å². The summed E-state index contributed by atoms with van der Waals surface area (Å²) >= 11 is 0. The molecule has 0 atom stereocenters. The molecule has 184 valence electrons. The van der Waals surface area contributed by atoms with Gasteiger partial charge in [0.2, 0.25) is 11.9 Å². The number of carbonyl (C=O) groups is 3. The number of nitrogens with two attached hydrogens (primary N) is 2. The van der Waals surface area contributed by atoms with Gasteiger partial charge in [-0.3, -0.25) is 0 Å². The first kappa shape index (κ1) is 34.3. The van der Waals surface area contributed by atoms with Crippen LogP contribution < -0.4 is 80.8 Å². The number of carboxylic acids is 2. The molecule has 0 saturated heterocycles. The van der Waals surface area contributed by atoms with Crippen molar-refractivity contribution in [3.8, 4) is 22.3 Å². The number of nitrogens with zero attached hydrogens (tertiary/aromatic N) is 6. The number of pyridine rings is 2. The summed E-state index contributed by atoms with van der Waals surface area (Å²) in [7, 11) is 0. The van der Waals surface area contributed by atoms with Crippen molar-refractivity contribution in [2.45, 2.75) is 0 Å². The number of carbonyl (C=O) groups excluding carboxylic acids is 1. The maximum absolute atomic E-state index is 10.6. The average molecular weight is 538 g/mol. The van der Waals surface area contributed by atoms with E-state index in [1.807, 2.05) is 0 Å². The van der Waals surface area contributed by atoms with Gasteiger partial charge in [-0.2, -0.15) is 0 Å². The molecule has 4 aromatic rings. The van der Waals surface area contributed by atoms with Crippen LogP contribution in [0.15, 0.2) is 61.4 Å². The Morgan fingerprint density at radius 3 is 1.03 bits per heavy atom. The van der Waals surface area contributed by atoms with Crippen molar-refractivity contribution >= 4 is 30.0 Å². The van der Waals surface area contributed by atoms with Crippen LogP contribution in [0.5, 0.6) is 0 Å². The Morgan fingerprint density at radius 2 is 0.816 bits per heavy atom. The van der Waals surface area contributed by atoms with Crippen molar-refractivity contribution in [1.29, 1.82) is 0 Å². The first-order valence-electron chi connectivity index (χ1n) is 9.49. The molecular formula is C21H16N8Na2O7. The van der Waals surface area contributed by atoms with E-state index < -0.39 is 18.1 Å². The Labute approximate surface area is 258 Å². The van der Waals surface area contributed by atoms with Crippen LogP contribution in [0.1, 0.15) is 21.0 Å². The molecule has 0 spiro atoms. The van der Waals surface area contributed by atoms with Gasteiger partial charge in [-0.05, 0) is 18.3 Å². The van der Waals surface area contributed by atoms with E-state index in [4.69, 9.17) is 36.7 Å². The Kier molecular flexibility index (Phi) is 15.2. The van der Waals surface area contributed by atoms with Gasteiger partial charge in [-0.25, -0.2) is 39.5 Å². The SMILES string of the molecule is Nc1ncc(-c2ccc(C(=O)O)nc2)cn1.Nc1ncc(-c2ccc(C(=O)O)nc2)cn1.O=C([O-])[O-].[Na+].[Na+]. The average Bonchev–Trinajstić information content (AvgIpc) is 2.85. The summed E-state index contributed by atoms with van der Waals surface area (Å²) in [5, 5.41) is 34.0. The molecule has 4 heterocycles. The molecule has 0 unspecified atom stereocenters. The first-order valence-corrected chi connectivity index (χ1v) is 9.49. The third-order valence-corrected chi connectivity index (χ3v) is 3.98. The zero-order valence-corrected chi connectivity index (χ0v) is 24.0. The Bertz CT molecular complexity index is 1220. The molecule has 4 rings (SSSR count). The second-order valence-corrected chi connectivity index (χ2v) is 6.38. The van der Waals surface area contributed by atoms with E-state index in [1.54, 1.807) is 36.9 Å². The molecule has 0 amide bonds. The van der Waals surface area contributed by atoms with Crippen LogP contribution in [-0.4, -0.2) is 58.2 Å². The third-order valence-electron chi connectivity index (χ3n) is 3.98. The number of carboxylic acid groups (broad SMARTS) is 4. The Balaban J connectivity index is 0.000000604.